The van der Waals surface area contributed by atoms with Crippen molar-refractivity contribution in [2.75, 3.05) is 13.2 Å². The fourth-order valence-corrected chi connectivity index (χ4v) is 1.31. The van der Waals surface area contributed by atoms with Gasteiger partial charge in [0.25, 0.3) is 0 Å². The maximum atomic E-state index is 8.92. The minimum atomic E-state index is 0.0567. The Kier molecular flexibility index (Phi) is 2.27. The van der Waals surface area contributed by atoms with Crippen LogP contribution >= 0.6 is 0 Å². The molecule has 68 valence electrons. The summed E-state index contributed by atoms with van der Waals surface area (Å²) in [5.74, 6) is 0.690. The van der Waals surface area contributed by atoms with Gasteiger partial charge in [-0.1, -0.05) is 12.1 Å². The summed E-state index contributed by atoms with van der Waals surface area (Å²) in [6.45, 7) is 1.46. The average molecular weight is 177 g/mol. The second-order valence-corrected chi connectivity index (χ2v) is 2.89. The number of aliphatic hydroxyl groups excluding tert-OH is 1. The molecule has 1 aliphatic rings. The Bertz CT molecular complexity index is 333. The van der Waals surface area contributed by atoms with Gasteiger partial charge >= 0.3 is 0 Å². The molecule has 1 aromatic rings. The minimum absolute atomic E-state index is 0.0567. The first kappa shape index (κ1) is 8.26. The van der Waals surface area contributed by atoms with Gasteiger partial charge in [-0.15, -0.1) is 0 Å². The Hall–Kier alpha value is -1.35. The SMILES string of the molecule is OCc1cccc(C2=NCCO2)c1. The molecular formula is C10H11NO2. The van der Waals surface area contributed by atoms with E-state index in [9.17, 15) is 0 Å². The Morgan fingerprint density at radius 3 is 3.08 bits per heavy atom. The van der Waals surface area contributed by atoms with Gasteiger partial charge in [0.2, 0.25) is 5.90 Å². The summed E-state index contributed by atoms with van der Waals surface area (Å²) in [4.78, 5) is 4.19. The molecule has 0 bridgehead atoms. The molecular weight excluding hydrogens is 166 g/mol. The Morgan fingerprint density at radius 2 is 2.38 bits per heavy atom. The monoisotopic (exact) mass is 177 g/mol. The van der Waals surface area contributed by atoms with Gasteiger partial charge < -0.3 is 9.84 Å². The van der Waals surface area contributed by atoms with Crippen LogP contribution in [0.3, 0.4) is 0 Å². The summed E-state index contributed by atoms with van der Waals surface area (Å²) in [5.41, 5.74) is 1.83. The molecule has 0 atom stereocenters. The van der Waals surface area contributed by atoms with Crippen molar-refractivity contribution in [1.82, 2.24) is 0 Å². The topological polar surface area (TPSA) is 41.8 Å². The van der Waals surface area contributed by atoms with Crippen LogP contribution in [0, 0.1) is 0 Å². The van der Waals surface area contributed by atoms with Crippen molar-refractivity contribution in [2.45, 2.75) is 6.61 Å². The van der Waals surface area contributed by atoms with Crippen LogP contribution in [-0.2, 0) is 11.3 Å². The lowest BCUT2D eigenvalue weighted by Gasteiger charge is -2.02. The van der Waals surface area contributed by atoms with Crippen LogP contribution in [0.2, 0.25) is 0 Å². The molecule has 1 heterocycles. The fourth-order valence-electron chi connectivity index (χ4n) is 1.31. The molecule has 3 nitrogen and oxygen atoms in total. The zero-order valence-corrected chi connectivity index (χ0v) is 7.23. The first-order valence-corrected chi connectivity index (χ1v) is 4.27. The molecule has 3 heteroatoms. The summed E-state index contributed by atoms with van der Waals surface area (Å²) in [5, 5.41) is 8.92. The molecule has 2 rings (SSSR count). The molecule has 1 N–H and O–H groups in total. The van der Waals surface area contributed by atoms with E-state index in [2.05, 4.69) is 4.99 Å². The van der Waals surface area contributed by atoms with Gasteiger partial charge in [-0.2, -0.15) is 0 Å². The number of aliphatic imine (C=N–C) groups is 1. The second kappa shape index (κ2) is 3.58. The first-order valence-electron chi connectivity index (χ1n) is 4.27. The zero-order chi connectivity index (χ0) is 9.10. The summed E-state index contributed by atoms with van der Waals surface area (Å²) in [6, 6.07) is 7.59. The lowest BCUT2D eigenvalue weighted by molar-refractivity contribution is 0.281. The van der Waals surface area contributed by atoms with E-state index >= 15 is 0 Å². The van der Waals surface area contributed by atoms with Gasteiger partial charge in [0.05, 0.1) is 13.2 Å². The van der Waals surface area contributed by atoms with E-state index in [1.54, 1.807) is 0 Å². The molecule has 0 saturated carbocycles. The molecule has 0 fully saturated rings. The highest BCUT2D eigenvalue weighted by atomic mass is 16.5. The van der Waals surface area contributed by atoms with E-state index in [4.69, 9.17) is 9.84 Å². The summed E-state index contributed by atoms with van der Waals surface area (Å²) < 4.78 is 5.31. The highest BCUT2D eigenvalue weighted by molar-refractivity contribution is 5.95. The van der Waals surface area contributed by atoms with Crippen molar-refractivity contribution >= 4 is 5.90 Å². The smallest absolute Gasteiger partial charge is 0.216 e. The normalized spacial score (nSPS) is 15.3. The average Bonchev–Trinajstić information content (AvgIpc) is 2.71. The van der Waals surface area contributed by atoms with Gasteiger partial charge in [0.1, 0.15) is 6.61 Å². The standard InChI is InChI=1S/C10H11NO2/c12-7-8-2-1-3-9(6-8)10-11-4-5-13-10/h1-3,6,12H,4-5,7H2. The van der Waals surface area contributed by atoms with Gasteiger partial charge in [-0.25, -0.2) is 4.99 Å². The van der Waals surface area contributed by atoms with Crippen LogP contribution in [0.15, 0.2) is 29.3 Å². The Balaban J connectivity index is 2.29. The van der Waals surface area contributed by atoms with Crippen molar-refractivity contribution in [1.29, 1.82) is 0 Å². The van der Waals surface area contributed by atoms with Crippen molar-refractivity contribution in [2.24, 2.45) is 4.99 Å². The van der Waals surface area contributed by atoms with Crippen molar-refractivity contribution < 1.29 is 9.84 Å². The lowest BCUT2D eigenvalue weighted by atomic mass is 10.1. The van der Waals surface area contributed by atoms with Crippen molar-refractivity contribution in [3.63, 3.8) is 0 Å². The molecule has 0 aliphatic carbocycles. The molecule has 0 unspecified atom stereocenters. The van der Waals surface area contributed by atoms with Crippen molar-refractivity contribution in [3.8, 4) is 0 Å². The summed E-state index contributed by atoms with van der Waals surface area (Å²) in [7, 11) is 0. The van der Waals surface area contributed by atoms with Gasteiger partial charge in [0.15, 0.2) is 0 Å². The van der Waals surface area contributed by atoms with E-state index in [0.29, 0.717) is 12.5 Å². The summed E-state index contributed by atoms with van der Waals surface area (Å²) >= 11 is 0. The van der Waals surface area contributed by atoms with Crippen LogP contribution in [-0.4, -0.2) is 24.2 Å². The maximum absolute atomic E-state index is 8.92. The highest BCUT2D eigenvalue weighted by Crippen LogP contribution is 2.10. The Labute approximate surface area is 76.7 Å². The van der Waals surface area contributed by atoms with E-state index in [1.807, 2.05) is 24.3 Å². The molecule has 0 radical (unpaired) electrons. The van der Waals surface area contributed by atoms with E-state index in [-0.39, 0.29) is 6.61 Å². The molecule has 13 heavy (non-hydrogen) atoms. The lowest BCUT2D eigenvalue weighted by Crippen LogP contribution is -2.01. The van der Waals surface area contributed by atoms with Crippen LogP contribution in [0.5, 0.6) is 0 Å². The van der Waals surface area contributed by atoms with Crippen LogP contribution in [0.4, 0.5) is 0 Å². The largest absolute Gasteiger partial charge is 0.476 e. The van der Waals surface area contributed by atoms with Crippen LogP contribution < -0.4 is 0 Å². The molecule has 0 amide bonds. The highest BCUT2D eigenvalue weighted by Gasteiger charge is 2.09. The van der Waals surface area contributed by atoms with E-state index < -0.39 is 0 Å². The van der Waals surface area contributed by atoms with Crippen LogP contribution in [0.25, 0.3) is 0 Å². The molecule has 0 aromatic heterocycles. The fraction of sp³-hybridized carbons (Fsp3) is 0.300. The van der Waals surface area contributed by atoms with Crippen molar-refractivity contribution in [3.05, 3.63) is 35.4 Å². The van der Waals surface area contributed by atoms with Gasteiger partial charge in [0, 0.05) is 5.56 Å². The predicted molar refractivity (Wildman–Crippen MR) is 49.7 cm³/mol. The third-order valence-corrected chi connectivity index (χ3v) is 1.94. The molecule has 1 aromatic carbocycles. The molecule has 1 aliphatic heterocycles. The predicted octanol–water partition coefficient (Wildman–Crippen LogP) is 0.956. The third kappa shape index (κ3) is 1.70. The van der Waals surface area contributed by atoms with E-state index in [1.165, 1.54) is 0 Å². The Morgan fingerprint density at radius 1 is 1.46 bits per heavy atom. The van der Waals surface area contributed by atoms with Gasteiger partial charge in [-0.05, 0) is 17.7 Å². The minimum Gasteiger partial charge on any atom is -0.476 e. The number of benzene rings is 1. The van der Waals surface area contributed by atoms with Gasteiger partial charge in [-0.3, -0.25) is 0 Å². The summed E-state index contributed by atoms with van der Waals surface area (Å²) in [6.07, 6.45) is 0. The number of hydrogen-bond acceptors (Lipinski definition) is 3. The first-order chi connectivity index (χ1) is 6.40. The van der Waals surface area contributed by atoms with E-state index in [0.717, 1.165) is 17.7 Å². The number of nitrogens with zero attached hydrogens (tertiary/aromatic N) is 1. The quantitative estimate of drug-likeness (QED) is 0.731. The second-order valence-electron chi connectivity index (χ2n) is 2.89. The number of hydrogen-bond donors (Lipinski definition) is 1. The molecule has 0 saturated heterocycles. The van der Waals surface area contributed by atoms with Crippen LogP contribution in [0.1, 0.15) is 11.1 Å². The zero-order valence-electron chi connectivity index (χ0n) is 7.23. The third-order valence-electron chi connectivity index (χ3n) is 1.94. The molecule has 0 spiro atoms. The number of aliphatic hydroxyl groups is 1. The number of ether oxygens (including phenoxy) is 1. The maximum Gasteiger partial charge on any atom is 0.216 e. The number of rotatable bonds is 2.